The van der Waals surface area contributed by atoms with Gasteiger partial charge in [0.1, 0.15) is 4.90 Å². The van der Waals surface area contributed by atoms with Crippen LogP contribution in [0.25, 0.3) is 21.5 Å². The molecular weight excluding hydrogens is 362 g/mol. The van der Waals surface area contributed by atoms with E-state index in [0.29, 0.717) is 27.8 Å². The van der Waals surface area contributed by atoms with E-state index in [-0.39, 0.29) is 4.90 Å². The van der Waals surface area contributed by atoms with Gasteiger partial charge in [0.05, 0.1) is 11.4 Å². The van der Waals surface area contributed by atoms with Crippen molar-refractivity contribution in [1.82, 2.24) is 0 Å². The Bertz CT molecular complexity index is 1310. The van der Waals surface area contributed by atoms with Gasteiger partial charge in [-0.2, -0.15) is 8.42 Å². The normalized spacial score (nSPS) is 12.2. The van der Waals surface area contributed by atoms with Gasteiger partial charge in [-0.05, 0) is 29.7 Å². The lowest BCUT2D eigenvalue weighted by Crippen LogP contribution is -1.98. The first-order valence-corrected chi connectivity index (χ1v) is 9.57. The van der Waals surface area contributed by atoms with Gasteiger partial charge < -0.3 is 5.73 Å². The molecule has 27 heavy (non-hydrogen) atoms. The Hall–Kier alpha value is -3.29. The third-order valence-corrected chi connectivity index (χ3v) is 5.22. The molecule has 0 aromatic heterocycles. The molecule has 0 amide bonds. The number of benzene rings is 4. The summed E-state index contributed by atoms with van der Waals surface area (Å²) in [6.45, 7) is 0. The molecule has 134 valence electrons. The maximum Gasteiger partial charge on any atom is 0.295 e. The number of azo groups is 1. The van der Waals surface area contributed by atoms with Gasteiger partial charge in [-0.15, -0.1) is 10.2 Å². The van der Waals surface area contributed by atoms with Crippen molar-refractivity contribution in [3.05, 3.63) is 72.8 Å². The number of rotatable bonds is 3. The molecule has 4 aromatic carbocycles. The second-order valence-electron chi connectivity index (χ2n) is 6.03. The van der Waals surface area contributed by atoms with Gasteiger partial charge in [-0.1, -0.05) is 48.5 Å². The molecule has 0 unspecified atom stereocenters. The van der Waals surface area contributed by atoms with Crippen LogP contribution in [0, 0.1) is 0 Å². The highest BCUT2D eigenvalue weighted by atomic mass is 32.2. The van der Waals surface area contributed by atoms with E-state index in [0.717, 1.165) is 10.8 Å². The smallest absolute Gasteiger partial charge is 0.295 e. The topological polar surface area (TPSA) is 105 Å². The molecule has 0 saturated heterocycles. The maximum atomic E-state index is 11.8. The minimum atomic E-state index is -4.39. The van der Waals surface area contributed by atoms with Crippen molar-refractivity contribution in [3.8, 4) is 0 Å². The lowest BCUT2D eigenvalue weighted by atomic mass is 10.1. The highest BCUT2D eigenvalue weighted by Gasteiger charge is 2.16. The summed E-state index contributed by atoms with van der Waals surface area (Å²) in [5.41, 5.74) is 7.61. The van der Waals surface area contributed by atoms with Crippen LogP contribution in [0.15, 0.2) is 87.9 Å². The number of anilines is 1. The summed E-state index contributed by atoms with van der Waals surface area (Å²) in [6.07, 6.45) is 0. The molecule has 0 radical (unpaired) electrons. The molecule has 0 fully saturated rings. The molecule has 0 saturated carbocycles. The van der Waals surface area contributed by atoms with Gasteiger partial charge >= 0.3 is 0 Å². The highest BCUT2D eigenvalue weighted by Crippen LogP contribution is 2.35. The molecule has 0 aliphatic rings. The monoisotopic (exact) mass is 377 g/mol. The Morgan fingerprint density at radius 3 is 2.15 bits per heavy atom. The Kier molecular flexibility index (Phi) is 4.10. The molecule has 0 aliphatic heterocycles. The van der Waals surface area contributed by atoms with Gasteiger partial charge in [0.15, 0.2) is 0 Å². The van der Waals surface area contributed by atoms with Crippen molar-refractivity contribution in [3.63, 3.8) is 0 Å². The Labute approximate surface area is 155 Å². The largest absolute Gasteiger partial charge is 0.398 e. The quantitative estimate of drug-likeness (QED) is 0.289. The van der Waals surface area contributed by atoms with E-state index < -0.39 is 10.1 Å². The van der Waals surface area contributed by atoms with Gasteiger partial charge in [0.2, 0.25) is 0 Å². The molecular formula is C20H15N3O3S. The summed E-state index contributed by atoms with van der Waals surface area (Å²) in [7, 11) is -4.39. The predicted molar refractivity (Wildman–Crippen MR) is 106 cm³/mol. The van der Waals surface area contributed by atoms with Crippen LogP contribution in [-0.4, -0.2) is 13.0 Å². The standard InChI is InChI=1S/C20H15N3O3S/c21-16-11-12-17(15-8-2-1-7-14(15)16)22-23-18-9-3-5-13-6-4-10-19(20(13)18)27(24,25)26/h1-12H,21H2,(H,24,25,26). The van der Waals surface area contributed by atoms with Gasteiger partial charge in [0.25, 0.3) is 10.1 Å². The molecule has 0 aliphatic carbocycles. The number of hydrogen-bond acceptors (Lipinski definition) is 5. The van der Waals surface area contributed by atoms with Crippen molar-refractivity contribution in [2.45, 2.75) is 4.90 Å². The van der Waals surface area contributed by atoms with E-state index >= 15 is 0 Å². The maximum absolute atomic E-state index is 11.8. The zero-order valence-corrected chi connectivity index (χ0v) is 14.9. The van der Waals surface area contributed by atoms with Crippen LogP contribution in [0.4, 0.5) is 17.1 Å². The minimum absolute atomic E-state index is 0.197. The Morgan fingerprint density at radius 1 is 0.741 bits per heavy atom. The first kappa shape index (κ1) is 17.1. The van der Waals surface area contributed by atoms with Crippen molar-refractivity contribution in [2.24, 2.45) is 10.2 Å². The average molecular weight is 377 g/mol. The van der Waals surface area contributed by atoms with E-state index in [1.807, 2.05) is 24.3 Å². The molecule has 6 nitrogen and oxygen atoms in total. The Morgan fingerprint density at radius 2 is 1.41 bits per heavy atom. The zero-order chi connectivity index (χ0) is 19.0. The fraction of sp³-hybridized carbons (Fsp3) is 0. The predicted octanol–water partition coefficient (Wildman–Crippen LogP) is 5.24. The summed E-state index contributed by atoms with van der Waals surface area (Å²) in [4.78, 5) is -0.197. The van der Waals surface area contributed by atoms with Gasteiger partial charge in [0, 0.05) is 21.8 Å². The van der Waals surface area contributed by atoms with E-state index in [4.69, 9.17) is 5.73 Å². The second kappa shape index (κ2) is 6.46. The first-order valence-electron chi connectivity index (χ1n) is 8.13. The summed E-state index contributed by atoms with van der Waals surface area (Å²) < 4.78 is 33.1. The SMILES string of the molecule is Nc1ccc(N=Nc2cccc3cccc(S(=O)(=O)O)c23)c2ccccc12. The first-order chi connectivity index (χ1) is 12.9. The molecule has 4 rings (SSSR count). The molecule has 3 N–H and O–H groups in total. The number of nitrogen functional groups attached to an aromatic ring is 1. The molecule has 0 spiro atoms. The van der Waals surface area contributed by atoms with Crippen LogP contribution in [0.5, 0.6) is 0 Å². The van der Waals surface area contributed by atoms with E-state index in [1.54, 1.807) is 42.5 Å². The third kappa shape index (κ3) is 3.14. The molecule has 0 atom stereocenters. The second-order valence-corrected chi connectivity index (χ2v) is 7.42. The summed E-state index contributed by atoms with van der Waals surface area (Å²) >= 11 is 0. The molecule has 7 heteroatoms. The van der Waals surface area contributed by atoms with Crippen molar-refractivity contribution in [2.75, 3.05) is 5.73 Å². The number of nitrogens with zero attached hydrogens (tertiary/aromatic N) is 2. The van der Waals surface area contributed by atoms with Crippen LogP contribution in [0.1, 0.15) is 0 Å². The molecule has 0 bridgehead atoms. The van der Waals surface area contributed by atoms with Crippen LogP contribution >= 0.6 is 0 Å². The number of hydrogen-bond donors (Lipinski definition) is 2. The van der Waals surface area contributed by atoms with Gasteiger partial charge in [-0.3, -0.25) is 4.55 Å². The van der Waals surface area contributed by atoms with E-state index in [9.17, 15) is 13.0 Å². The molecule has 4 aromatic rings. The number of fused-ring (bicyclic) bond motifs is 2. The van der Waals surface area contributed by atoms with Crippen LogP contribution < -0.4 is 5.73 Å². The fourth-order valence-corrected chi connectivity index (χ4v) is 3.82. The number of nitrogens with two attached hydrogens (primary N) is 1. The van der Waals surface area contributed by atoms with Crippen LogP contribution in [-0.2, 0) is 10.1 Å². The van der Waals surface area contributed by atoms with Crippen LogP contribution in [0.2, 0.25) is 0 Å². The summed E-state index contributed by atoms with van der Waals surface area (Å²) in [5.74, 6) is 0. The lowest BCUT2D eigenvalue weighted by molar-refractivity contribution is 0.484. The third-order valence-electron chi connectivity index (χ3n) is 4.32. The van der Waals surface area contributed by atoms with Crippen LogP contribution in [0.3, 0.4) is 0 Å². The summed E-state index contributed by atoms with van der Waals surface area (Å²) in [6, 6.07) is 20.9. The van der Waals surface area contributed by atoms with Crippen molar-refractivity contribution in [1.29, 1.82) is 0 Å². The zero-order valence-electron chi connectivity index (χ0n) is 14.1. The van der Waals surface area contributed by atoms with Crippen molar-refractivity contribution >= 4 is 48.7 Å². The minimum Gasteiger partial charge on any atom is -0.398 e. The highest BCUT2D eigenvalue weighted by molar-refractivity contribution is 7.86. The van der Waals surface area contributed by atoms with E-state index in [2.05, 4.69) is 10.2 Å². The average Bonchev–Trinajstić information content (AvgIpc) is 2.66. The van der Waals surface area contributed by atoms with Gasteiger partial charge in [-0.25, -0.2) is 0 Å². The summed E-state index contributed by atoms with van der Waals surface area (Å²) in [5, 5.41) is 11.3. The lowest BCUT2D eigenvalue weighted by Gasteiger charge is -2.07. The Balaban J connectivity index is 1.92. The molecule has 0 heterocycles. The van der Waals surface area contributed by atoms with E-state index in [1.165, 1.54) is 6.07 Å². The van der Waals surface area contributed by atoms with Crippen molar-refractivity contribution < 1.29 is 13.0 Å². The fourth-order valence-electron chi connectivity index (χ4n) is 3.09.